The Kier molecular flexibility index (Phi) is 4.83. The van der Waals surface area contributed by atoms with Gasteiger partial charge in [0.1, 0.15) is 0 Å². The van der Waals surface area contributed by atoms with Crippen LogP contribution in [-0.2, 0) is 5.54 Å². The monoisotopic (exact) mass is 349 g/mol. The second-order valence-electron chi connectivity index (χ2n) is 6.34. The molecule has 2 aromatic carbocycles. The van der Waals surface area contributed by atoms with Crippen LogP contribution in [0.3, 0.4) is 0 Å². The standard InChI is InChI=1S/C18H21Cl2N3/c1-18(2,14-8-15(19)10-16(20)9-14)23-12-21-11-22(13-23)17-6-4-3-5-7-17/h3-10,21H,11-13H2,1-2H3. The first-order chi connectivity index (χ1) is 11.0. The van der Waals surface area contributed by atoms with E-state index in [0.29, 0.717) is 10.0 Å². The number of halogens is 2. The topological polar surface area (TPSA) is 18.5 Å². The fourth-order valence-electron chi connectivity index (χ4n) is 2.90. The lowest BCUT2D eigenvalue weighted by atomic mass is 9.92. The number of hydrogen-bond donors (Lipinski definition) is 1. The summed E-state index contributed by atoms with van der Waals surface area (Å²) in [5.74, 6) is 0. The van der Waals surface area contributed by atoms with Crippen molar-refractivity contribution in [3.05, 3.63) is 64.1 Å². The van der Waals surface area contributed by atoms with Gasteiger partial charge >= 0.3 is 0 Å². The molecule has 1 fully saturated rings. The van der Waals surface area contributed by atoms with Gasteiger partial charge in [-0.3, -0.25) is 10.2 Å². The zero-order chi connectivity index (χ0) is 16.4. The number of hydrogen-bond acceptors (Lipinski definition) is 3. The fourth-order valence-corrected chi connectivity index (χ4v) is 3.43. The maximum absolute atomic E-state index is 6.19. The number of benzene rings is 2. The summed E-state index contributed by atoms with van der Waals surface area (Å²) in [7, 11) is 0. The summed E-state index contributed by atoms with van der Waals surface area (Å²) in [4.78, 5) is 4.70. The summed E-state index contributed by atoms with van der Waals surface area (Å²) in [6.45, 7) is 6.90. The van der Waals surface area contributed by atoms with Crippen molar-refractivity contribution < 1.29 is 0 Å². The van der Waals surface area contributed by atoms with E-state index in [1.54, 1.807) is 6.07 Å². The Bertz CT molecular complexity index is 653. The summed E-state index contributed by atoms with van der Waals surface area (Å²) in [5, 5.41) is 4.82. The Labute approximate surface area is 147 Å². The molecule has 5 heteroatoms. The van der Waals surface area contributed by atoms with E-state index in [9.17, 15) is 0 Å². The second-order valence-corrected chi connectivity index (χ2v) is 7.21. The molecule has 0 atom stereocenters. The van der Waals surface area contributed by atoms with Crippen molar-refractivity contribution in [1.82, 2.24) is 10.2 Å². The highest BCUT2D eigenvalue weighted by Crippen LogP contribution is 2.33. The smallest absolute Gasteiger partial charge is 0.0738 e. The maximum Gasteiger partial charge on any atom is 0.0738 e. The highest BCUT2D eigenvalue weighted by atomic mass is 35.5. The molecule has 0 spiro atoms. The number of nitrogens with one attached hydrogen (secondary N) is 1. The summed E-state index contributed by atoms with van der Waals surface area (Å²) in [5.41, 5.74) is 2.14. The van der Waals surface area contributed by atoms with E-state index in [-0.39, 0.29) is 5.54 Å². The Morgan fingerprint density at radius 3 is 2.26 bits per heavy atom. The molecule has 3 rings (SSSR count). The summed E-state index contributed by atoms with van der Waals surface area (Å²) in [6, 6.07) is 16.2. The van der Waals surface area contributed by atoms with E-state index in [4.69, 9.17) is 23.2 Å². The molecule has 0 aromatic heterocycles. The zero-order valence-corrected chi connectivity index (χ0v) is 14.9. The molecule has 1 heterocycles. The number of para-hydroxylation sites is 1. The van der Waals surface area contributed by atoms with Gasteiger partial charge in [-0.1, -0.05) is 41.4 Å². The van der Waals surface area contributed by atoms with E-state index < -0.39 is 0 Å². The third-order valence-corrected chi connectivity index (χ3v) is 4.86. The van der Waals surface area contributed by atoms with Gasteiger partial charge in [0.2, 0.25) is 0 Å². The molecule has 0 radical (unpaired) electrons. The third kappa shape index (κ3) is 3.64. The zero-order valence-electron chi connectivity index (χ0n) is 13.4. The minimum absolute atomic E-state index is 0.186. The molecular formula is C18H21Cl2N3. The van der Waals surface area contributed by atoms with E-state index in [0.717, 1.165) is 25.6 Å². The summed E-state index contributed by atoms with van der Waals surface area (Å²) >= 11 is 12.4. The highest BCUT2D eigenvalue weighted by molar-refractivity contribution is 6.34. The van der Waals surface area contributed by atoms with E-state index in [1.807, 2.05) is 18.2 Å². The first-order valence-corrected chi connectivity index (χ1v) is 8.45. The van der Waals surface area contributed by atoms with Gasteiger partial charge in [-0.25, -0.2) is 0 Å². The first kappa shape index (κ1) is 16.6. The lowest BCUT2D eigenvalue weighted by molar-refractivity contribution is 0.0874. The molecule has 122 valence electrons. The average Bonchev–Trinajstić information content (AvgIpc) is 2.55. The van der Waals surface area contributed by atoms with Gasteiger partial charge in [-0.15, -0.1) is 0 Å². The van der Waals surface area contributed by atoms with Crippen LogP contribution in [0.15, 0.2) is 48.5 Å². The molecule has 0 saturated carbocycles. The van der Waals surface area contributed by atoms with Crippen molar-refractivity contribution in [1.29, 1.82) is 0 Å². The molecule has 1 aliphatic rings. The molecule has 1 aliphatic heterocycles. The first-order valence-electron chi connectivity index (χ1n) is 7.69. The van der Waals surface area contributed by atoms with Crippen LogP contribution in [-0.4, -0.2) is 24.9 Å². The number of anilines is 1. The molecule has 1 N–H and O–H groups in total. The predicted molar refractivity (Wildman–Crippen MR) is 98.0 cm³/mol. The van der Waals surface area contributed by atoms with Crippen LogP contribution >= 0.6 is 23.2 Å². The van der Waals surface area contributed by atoms with E-state index in [2.05, 4.69) is 53.2 Å². The molecule has 23 heavy (non-hydrogen) atoms. The van der Waals surface area contributed by atoms with Crippen LogP contribution in [0, 0.1) is 0 Å². The normalized spacial score (nSPS) is 16.6. The van der Waals surface area contributed by atoms with Crippen LogP contribution in [0.2, 0.25) is 10.0 Å². The van der Waals surface area contributed by atoms with Gasteiger partial charge in [0.25, 0.3) is 0 Å². The molecule has 0 unspecified atom stereocenters. The lowest BCUT2D eigenvalue weighted by Gasteiger charge is -2.46. The molecule has 0 bridgehead atoms. The van der Waals surface area contributed by atoms with Gasteiger partial charge in [-0.2, -0.15) is 0 Å². The van der Waals surface area contributed by atoms with Crippen molar-refractivity contribution in [2.75, 3.05) is 24.9 Å². The van der Waals surface area contributed by atoms with Crippen LogP contribution in [0.25, 0.3) is 0 Å². The average molecular weight is 350 g/mol. The molecule has 0 aliphatic carbocycles. The van der Waals surface area contributed by atoms with Gasteiger partial charge in [0, 0.05) is 21.3 Å². The number of rotatable bonds is 3. The molecule has 2 aromatic rings. The Balaban J connectivity index is 1.84. The lowest BCUT2D eigenvalue weighted by Crippen LogP contribution is -2.58. The van der Waals surface area contributed by atoms with Gasteiger partial charge in [0.15, 0.2) is 0 Å². The minimum atomic E-state index is -0.186. The van der Waals surface area contributed by atoms with Crippen molar-refractivity contribution in [2.45, 2.75) is 19.4 Å². The number of nitrogens with zero attached hydrogens (tertiary/aromatic N) is 2. The quantitative estimate of drug-likeness (QED) is 0.879. The van der Waals surface area contributed by atoms with Crippen molar-refractivity contribution in [3.8, 4) is 0 Å². The van der Waals surface area contributed by atoms with Crippen molar-refractivity contribution >= 4 is 28.9 Å². The Hall–Kier alpha value is -1.26. The molecule has 0 amide bonds. The van der Waals surface area contributed by atoms with E-state index >= 15 is 0 Å². The fraction of sp³-hybridized carbons (Fsp3) is 0.333. The van der Waals surface area contributed by atoms with Crippen LogP contribution < -0.4 is 10.2 Å². The van der Waals surface area contributed by atoms with Gasteiger partial charge < -0.3 is 4.90 Å². The maximum atomic E-state index is 6.19. The Morgan fingerprint density at radius 2 is 1.61 bits per heavy atom. The summed E-state index contributed by atoms with van der Waals surface area (Å²) < 4.78 is 0. The molecule has 3 nitrogen and oxygen atoms in total. The van der Waals surface area contributed by atoms with E-state index in [1.165, 1.54) is 5.69 Å². The minimum Gasteiger partial charge on any atom is -0.346 e. The summed E-state index contributed by atoms with van der Waals surface area (Å²) in [6.07, 6.45) is 0. The largest absolute Gasteiger partial charge is 0.346 e. The Morgan fingerprint density at radius 1 is 0.957 bits per heavy atom. The SMILES string of the molecule is CC(C)(c1cc(Cl)cc(Cl)c1)N1CNCN(c2ccccc2)C1. The van der Waals surface area contributed by atoms with Crippen LogP contribution in [0.1, 0.15) is 19.4 Å². The predicted octanol–water partition coefficient (Wildman–Crippen LogP) is 4.51. The second kappa shape index (κ2) is 6.70. The van der Waals surface area contributed by atoms with Crippen LogP contribution in [0.5, 0.6) is 0 Å². The highest BCUT2D eigenvalue weighted by Gasteiger charge is 2.32. The van der Waals surface area contributed by atoms with Gasteiger partial charge in [-0.05, 0) is 49.7 Å². The molecular weight excluding hydrogens is 329 g/mol. The third-order valence-electron chi connectivity index (χ3n) is 4.43. The van der Waals surface area contributed by atoms with Gasteiger partial charge in [0.05, 0.1) is 20.0 Å². The molecule has 1 saturated heterocycles. The van der Waals surface area contributed by atoms with Crippen molar-refractivity contribution in [2.24, 2.45) is 0 Å². The van der Waals surface area contributed by atoms with Crippen molar-refractivity contribution in [3.63, 3.8) is 0 Å². The van der Waals surface area contributed by atoms with Crippen LogP contribution in [0.4, 0.5) is 5.69 Å².